The lowest BCUT2D eigenvalue weighted by Gasteiger charge is -2.01. The summed E-state index contributed by atoms with van der Waals surface area (Å²) in [5, 5.41) is 18.1. The molecule has 0 aliphatic rings. The van der Waals surface area contributed by atoms with Crippen LogP contribution < -0.4 is 0 Å². The van der Waals surface area contributed by atoms with E-state index >= 15 is 0 Å². The normalized spacial score (nSPS) is 11.3. The number of rotatable bonds is 5. The van der Waals surface area contributed by atoms with Gasteiger partial charge in [-0.05, 0) is 12.8 Å². The lowest BCUT2D eigenvalue weighted by atomic mass is 10.1. The molecular formula is C11H15NO. The third-order valence-corrected chi connectivity index (χ3v) is 1.72. The molecule has 0 amide bonds. The summed E-state index contributed by atoms with van der Waals surface area (Å²) < 4.78 is 0. The van der Waals surface area contributed by atoms with Crippen LogP contribution in [-0.2, 0) is 0 Å². The maximum absolute atomic E-state index is 9.46. The van der Waals surface area contributed by atoms with E-state index in [2.05, 4.69) is 5.92 Å². The highest BCUT2D eigenvalue weighted by Gasteiger charge is 2.02. The molecule has 0 fully saturated rings. The van der Waals surface area contributed by atoms with E-state index in [-0.39, 0.29) is 5.76 Å². The van der Waals surface area contributed by atoms with Crippen LogP contribution in [0.5, 0.6) is 0 Å². The van der Waals surface area contributed by atoms with Crippen molar-refractivity contribution in [2.45, 2.75) is 39.0 Å². The maximum atomic E-state index is 9.46. The molecule has 0 bridgehead atoms. The fourth-order valence-corrected chi connectivity index (χ4v) is 1.02. The largest absolute Gasteiger partial charge is 0.511 e. The monoisotopic (exact) mass is 177 g/mol. The molecule has 0 saturated carbocycles. The van der Waals surface area contributed by atoms with Crippen molar-refractivity contribution in [3.8, 4) is 18.4 Å². The van der Waals surface area contributed by atoms with E-state index in [9.17, 15) is 5.11 Å². The second-order valence-electron chi connectivity index (χ2n) is 2.84. The summed E-state index contributed by atoms with van der Waals surface area (Å²) in [6, 6.07) is 2.01. The highest BCUT2D eigenvalue weighted by Crippen LogP contribution is 2.13. The number of aliphatic hydroxyl groups excluding tert-OH is 1. The predicted octanol–water partition coefficient (Wildman–Crippen LogP) is 2.93. The number of nitriles is 1. The Balaban J connectivity index is 4.08. The molecule has 0 aromatic heterocycles. The third-order valence-electron chi connectivity index (χ3n) is 1.72. The second kappa shape index (κ2) is 7.25. The molecule has 0 atom stereocenters. The molecule has 0 rings (SSSR count). The van der Waals surface area contributed by atoms with Crippen LogP contribution in [0.3, 0.4) is 0 Å². The molecule has 2 nitrogen and oxygen atoms in total. The van der Waals surface area contributed by atoms with Gasteiger partial charge in [0, 0.05) is 12.8 Å². The Morgan fingerprint density at radius 1 is 1.46 bits per heavy atom. The van der Waals surface area contributed by atoms with Crippen LogP contribution >= 0.6 is 0 Å². The Hall–Kier alpha value is -1.41. The molecule has 0 radical (unpaired) electrons. The van der Waals surface area contributed by atoms with Crippen LogP contribution in [-0.4, -0.2) is 5.11 Å². The maximum Gasteiger partial charge on any atom is 0.106 e. The van der Waals surface area contributed by atoms with Gasteiger partial charge in [-0.25, -0.2) is 0 Å². The first-order valence-corrected chi connectivity index (χ1v) is 4.50. The first kappa shape index (κ1) is 11.6. The van der Waals surface area contributed by atoms with Gasteiger partial charge in [-0.2, -0.15) is 5.26 Å². The number of terminal acetylenes is 1. The first-order valence-electron chi connectivity index (χ1n) is 4.50. The fourth-order valence-electron chi connectivity index (χ4n) is 1.02. The van der Waals surface area contributed by atoms with Crippen molar-refractivity contribution in [1.29, 1.82) is 5.26 Å². The van der Waals surface area contributed by atoms with Crippen LogP contribution in [0.1, 0.15) is 39.0 Å². The molecule has 0 unspecified atom stereocenters. The van der Waals surface area contributed by atoms with E-state index in [1.807, 2.05) is 13.0 Å². The van der Waals surface area contributed by atoms with Crippen molar-refractivity contribution in [1.82, 2.24) is 0 Å². The van der Waals surface area contributed by atoms with E-state index in [4.69, 9.17) is 11.7 Å². The predicted molar refractivity (Wildman–Crippen MR) is 52.9 cm³/mol. The summed E-state index contributed by atoms with van der Waals surface area (Å²) in [7, 11) is 0. The summed E-state index contributed by atoms with van der Waals surface area (Å²) in [6.45, 7) is 1.98. The average molecular weight is 177 g/mol. The molecule has 13 heavy (non-hydrogen) atoms. The number of hydrogen-bond donors (Lipinski definition) is 1. The molecule has 0 aliphatic heterocycles. The van der Waals surface area contributed by atoms with Gasteiger partial charge in [-0.3, -0.25) is 0 Å². The van der Waals surface area contributed by atoms with Gasteiger partial charge in [0.1, 0.15) is 5.76 Å². The Morgan fingerprint density at radius 3 is 2.62 bits per heavy atom. The zero-order chi connectivity index (χ0) is 10.1. The molecular weight excluding hydrogens is 162 g/mol. The van der Waals surface area contributed by atoms with E-state index < -0.39 is 0 Å². The molecule has 0 aromatic rings. The van der Waals surface area contributed by atoms with Gasteiger partial charge in [0.25, 0.3) is 0 Å². The number of hydrogen-bond acceptors (Lipinski definition) is 2. The van der Waals surface area contributed by atoms with Gasteiger partial charge in [0.05, 0.1) is 11.6 Å². The Bertz CT molecular complexity index is 252. The van der Waals surface area contributed by atoms with E-state index in [0.29, 0.717) is 24.8 Å². The van der Waals surface area contributed by atoms with Crippen molar-refractivity contribution >= 4 is 0 Å². The molecule has 0 spiro atoms. The van der Waals surface area contributed by atoms with Crippen LogP contribution in [0, 0.1) is 23.7 Å². The van der Waals surface area contributed by atoms with Crippen LogP contribution in [0.25, 0.3) is 0 Å². The number of unbranched alkanes of at least 4 members (excludes halogenated alkanes) is 1. The molecule has 70 valence electrons. The van der Waals surface area contributed by atoms with Gasteiger partial charge in [0.2, 0.25) is 0 Å². The fraction of sp³-hybridized carbons (Fsp3) is 0.545. The molecule has 1 N–H and O–H groups in total. The van der Waals surface area contributed by atoms with E-state index in [0.717, 1.165) is 12.8 Å². The topological polar surface area (TPSA) is 44.0 Å². The molecule has 0 aliphatic carbocycles. The smallest absolute Gasteiger partial charge is 0.106 e. The summed E-state index contributed by atoms with van der Waals surface area (Å²) in [4.78, 5) is 0. The standard InChI is InChI=1S/C11H15NO/c1-3-5-6-8-11(13)10(9-12)7-4-2/h1,13H,4-8H2,2H3/b11-10+. The summed E-state index contributed by atoms with van der Waals surface area (Å²) >= 11 is 0. The van der Waals surface area contributed by atoms with Crippen molar-refractivity contribution in [3.05, 3.63) is 11.3 Å². The lowest BCUT2D eigenvalue weighted by molar-refractivity contribution is 0.377. The summed E-state index contributed by atoms with van der Waals surface area (Å²) in [5.41, 5.74) is 0.500. The van der Waals surface area contributed by atoms with Crippen LogP contribution in [0.15, 0.2) is 11.3 Å². The number of aliphatic hydroxyl groups is 1. The summed E-state index contributed by atoms with van der Waals surface area (Å²) in [5.74, 6) is 2.70. The Kier molecular flexibility index (Phi) is 6.46. The zero-order valence-electron chi connectivity index (χ0n) is 8.01. The highest BCUT2D eigenvalue weighted by atomic mass is 16.3. The van der Waals surface area contributed by atoms with Crippen molar-refractivity contribution < 1.29 is 5.11 Å². The van der Waals surface area contributed by atoms with Crippen LogP contribution in [0.2, 0.25) is 0 Å². The molecule has 0 saturated heterocycles. The molecule has 0 aromatic carbocycles. The highest BCUT2D eigenvalue weighted by molar-refractivity contribution is 5.23. The third kappa shape index (κ3) is 4.93. The SMILES string of the molecule is C#CCCC/C(O)=C(\C#N)CCC. The van der Waals surface area contributed by atoms with Crippen molar-refractivity contribution in [2.24, 2.45) is 0 Å². The van der Waals surface area contributed by atoms with Crippen molar-refractivity contribution in [3.63, 3.8) is 0 Å². The Labute approximate surface area is 79.9 Å². The minimum absolute atomic E-state index is 0.208. The van der Waals surface area contributed by atoms with Crippen molar-refractivity contribution in [2.75, 3.05) is 0 Å². The summed E-state index contributed by atoms with van der Waals surface area (Å²) in [6.07, 6.45) is 8.51. The van der Waals surface area contributed by atoms with Gasteiger partial charge in [-0.1, -0.05) is 13.3 Å². The van der Waals surface area contributed by atoms with Gasteiger partial charge < -0.3 is 5.11 Å². The molecule has 0 heterocycles. The molecule has 2 heteroatoms. The van der Waals surface area contributed by atoms with Crippen LogP contribution in [0.4, 0.5) is 0 Å². The number of nitrogens with zero attached hydrogens (tertiary/aromatic N) is 1. The van der Waals surface area contributed by atoms with Gasteiger partial charge in [-0.15, -0.1) is 12.3 Å². The first-order chi connectivity index (χ1) is 6.26. The quantitative estimate of drug-likeness (QED) is 0.303. The van der Waals surface area contributed by atoms with Gasteiger partial charge >= 0.3 is 0 Å². The number of allylic oxidation sites excluding steroid dienone is 2. The Morgan fingerprint density at radius 2 is 2.15 bits per heavy atom. The van der Waals surface area contributed by atoms with E-state index in [1.165, 1.54) is 0 Å². The van der Waals surface area contributed by atoms with E-state index in [1.54, 1.807) is 0 Å². The minimum atomic E-state index is 0.208. The lowest BCUT2D eigenvalue weighted by Crippen LogP contribution is -1.90. The van der Waals surface area contributed by atoms with Gasteiger partial charge in [0.15, 0.2) is 0 Å². The average Bonchev–Trinajstić information content (AvgIpc) is 2.14. The zero-order valence-corrected chi connectivity index (χ0v) is 8.01. The second-order valence-corrected chi connectivity index (χ2v) is 2.84. The minimum Gasteiger partial charge on any atom is -0.511 e.